The van der Waals surface area contributed by atoms with E-state index in [1.54, 1.807) is 12.4 Å². The zero-order valence-corrected chi connectivity index (χ0v) is 8.75. The number of allylic oxidation sites excluding steroid dienone is 4. The largest absolute Gasteiger partial charge is 0.293 e. The topological polar surface area (TPSA) is 42.9 Å². The highest BCUT2D eigenvalue weighted by atomic mass is 32.2. The first kappa shape index (κ1) is 8.85. The lowest BCUT2D eigenvalue weighted by atomic mass is 9.99. The van der Waals surface area contributed by atoms with Crippen molar-refractivity contribution in [3.8, 4) is 0 Å². The van der Waals surface area contributed by atoms with Gasteiger partial charge in [-0.05, 0) is 11.1 Å². The molecule has 0 amide bonds. The molecule has 2 aliphatic rings. The molecule has 0 bridgehead atoms. The van der Waals surface area contributed by atoms with Crippen molar-refractivity contribution in [2.24, 2.45) is 0 Å². The van der Waals surface area contributed by atoms with Crippen molar-refractivity contribution < 1.29 is 4.79 Å². The fourth-order valence-corrected chi connectivity index (χ4v) is 2.84. The van der Waals surface area contributed by atoms with E-state index in [1.165, 1.54) is 11.8 Å². The third-order valence-electron chi connectivity index (χ3n) is 2.53. The molecule has 15 heavy (non-hydrogen) atoms. The van der Waals surface area contributed by atoms with Gasteiger partial charge in [0.2, 0.25) is 0 Å². The highest BCUT2D eigenvalue weighted by Gasteiger charge is 2.24. The van der Waals surface area contributed by atoms with Gasteiger partial charge in [0.25, 0.3) is 0 Å². The minimum absolute atomic E-state index is 0.222. The van der Waals surface area contributed by atoms with E-state index in [0.29, 0.717) is 6.42 Å². The number of nitrogens with zero attached hydrogens (tertiary/aromatic N) is 2. The van der Waals surface area contributed by atoms with Crippen molar-refractivity contribution in [3.05, 3.63) is 40.6 Å². The van der Waals surface area contributed by atoms with Crippen LogP contribution >= 0.6 is 11.8 Å². The minimum atomic E-state index is 0.222. The zero-order chi connectivity index (χ0) is 10.3. The highest BCUT2D eigenvalue weighted by Crippen LogP contribution is 2.40. The van der Waals surface area contributed by atoms with Crippen LogP contribution in [0.5, 0.6) is 0 Å². The smallest absolute Gasteiger partial charge is 0.173 e. The summed E-state index contributed by atoms with van der Waals surface area (Å²) in [7, 11) is 0. The molecule has 0 N–H and O–H groups in total. The number of hydrogen-bond acceptors (Lipinski definition) is 4. The van der Waals surface area contributed by atoms with Gasteiger partial charge < -0.3 is 0 Å². The van der Waals surface area contributed by atoms with Crippen LogP contribution in [0.25, 0.3) is 0 Å². The molecule has 0 saturated heterocycles. The lowest BCUT2D eigenvalue weighted by Gasteiger charge is -2.20. The minimum Gasteiger partial charge on any atom is -0.293 e. The molecule has 1 aliphatic carbocycles. The van der Waals surface area contributed by atoms with Gasteiger partial charge in [-0.25, -0.2) is 0 Å². The summed E-state index contributed by atoms with van der Waals surface area (Å²) in [5, 5.41) is 7.70. The average molecular weight is 216 g/mol. The van der Waals surface area contributed by atoms with Crippen molar-refractivity contribution in [2.75, 3.05) is 0 Å². The summed E-state index contributed by atoms with van der Waals surface area (Å²) in [6.45, 7) is 0. The van der Waals surface area contributed by atoms with E-state index in [1.807, 2.05) is 12.2 Å². The third-order valence-corrected chi connectivity index (χ3v) is 3.81. The summed E-state index contributed by atoms with van der Waals surface area (Å²) in [5.41, 5.74) is 2.28. The fraction of sp³-hybridized carbons (Fsp3) is 0.182. The Kier molecular flexibility index (Phi) is 1.95. The molecule has 0 unspecified atom stereocenters. The van der Waals surface area contributed by atoms with Crippen LogP contribution in [0.2, 0.25) is 0 Å². The Balaban J connectivity index is 2.08. The maximum atomic E-state index is 11.7. The number of carbonyl (C=O) groups is 1. The Hall–Kier alpha value is -1.42. The van der Waals surface area contributed by atoms with Gasteiger partial charge in [0.05, 0.1) is 17.3 Å². The zero-order valence-electron chi connectivity index (χ0n) is 7.93. The first-order valence-corrected chi connectivity index (χ1v) is 5.56. The number of Topliss-reactive ketones (excluding diaryl/α,β-unsaturated/α-hetero) is 1. The van der Waals surface area contributed by atoms with Gasteiger partial charge >= 0.3 is 0 Å². The number of rotatable bonds is 0. The summed E-state index contributed by atoms with van der Waals surface area (Å²) in [4.78, 5) is 13.6. The van der Waals surface area contributed by atoms with E-state index in [-0.39, 0.29) is 5.78 Å². The second kappa shape index (κ2) is 3.31. The quantitative estimate of drug-likeness (QED) is 0.664. The lowest BCUT2D eigenvalue weighted by Crippen LogP contribution is -2.11. The molecule has 0 saturated carbocycles. The Bertz CT molecular complexity index is 505. The van der Waals surface area contributed by atoms with Crippen LogP contribution in [-0.4, -0.2) is 16.0 Å². The summed E-state index contributed by atoms with van der Waals surface area (Å²) in [6.07, 6.45) is 8.82. The predicted octanol–water partition coefficient (Wildman–Crippen LogP) is 1.91. The second-order valence-corrected chi connectivity index (χ2v) is 4.59. The lowest BCUT2D eigenvalue weighted by molar-refractivity contribution is -0.114. The number of carbonyl (C=O) groups excluding carboxylic acids is 1. The van der Waals surface area contributed by atoms with Crippen molar-refractivity contribution in [2.45, 2.75) is 17.7 Å². The molecule has 0 fully saturated rings. The Morgan fingerprint density at radius 3 is 3.07 bits per heavy atom. The maximum Gasteiger partial charge on any atom is 0.173 e. The summed E-state index contributed by atoms with van der Waals surface area (Å²) < 4.78 is 0. The first-order valence-electron chi connectivity index (χ1n) is 4.75. The van der Waals surface area contributed by atoms with E-state index < -0.39 is 0 Å². The summed E-state index contributed by atoms with van der Waals surface area (Å²) in [6, 6.07) is 0. The van der Waals surface area contributed by atoms with Crippen molar-refractivity contribution in [3.63, 3.8) is 0 Å². The van der Waals surface area contributed by atoms with Crippen LogP contribution in [0.4, 0.5) is 0 Å². The normalized spacial score (nSPS) is 18.8. The van der Waals surface area contributed by atoms with Gasteiger partial charge in [-0.2, -0.15) is 10.2 Å². The molecule has 1 aliphatic heterocycles. The Morgan fingerprint density at radius 1 is 1.27 bits per heavy atom. The Morgan fingerprint density at radius 2 is 2.13 bits per heavy atom. The van der Waals surface area contributed by atoms with Crippen LogP contribution in [0, 0.1) is 0 Å². The molecule has 0 aromatic carbocycles. The van der Waals surface area contributed by atoms with Crippen molar-refractivity contribution in [1.82, 2.24) is 10.2 Å². The SMILES string of the molecule is O=C1CC=CC2=C1Sc1cnncc1C2. The van der Waals surface area contributed by atoms with Gasteiger partial charge in [0, 0.05) is 17.7 Å². The second-order valence-electron chi connectivity index (χ2n) is 3.54. The number of hydrogen-bond donors (Lipinski definition) is 0. The van der Waals surface area contributed by atoms with Gasteiger partial charge in [0.15, 0.2) is 5.78 Å². The van der Waals surface area contributed by atoms with Crippen LogP contribution < -0.4 is 0 Å². The summed E-state index contributed by atoms with van der Waals surface area (Å²) >= 11 is 1.53. The van der Waals surface area contributed by atoms with Gasteiger partial charge in [-0.15, -0.1) is 0 Å². The molecule has 3 nitrogen and oxygen atoms in total. The number of ketones is 1. The maximum absolute atomic E-state index is 11.7. The molecule has 3 rings (SSSR count). The Labute approximate surface area is 91.3 Å². The molecule has 74 valence electrons. The van der Waals surface area contributed by atoms with E-state index in [2.05, 4.69) is 10.2 Å². The van der Waals surface area contributed by atoms with E-state index in [9.17, 15) is 4.79 Å². The van der Waals surface area contributed by atoms with Gasteiger partial charge in [-0.3, -0.25) is 4.79 Å². The summed E-state index contributed by atoms with van der Waals surface area (Å²) in [5.74, 6) is 0.222. The molecule has 1 aromatic heterocycles. The molecule has 0 atom stereocenters. The fourth-order valence-electron chi connectivity index (χ4n) is 1.79. The molecule has 0 radical (unpaired) electrons. The molecular weight excluding hydrogens is 208 g/mol. The number of fused-ring (bicyclic) bond motifs is 1. The number of aromatic nitrogens is 2. The average Bonchev–Trinajstić information content (AvgIpc) is 2.27. The van der Waals surface area contributed by atoms with E-state index in [0.717, 1.165) is 27.4 Å². The van der Waals surface area contributed by atoms with Crippen LogP contribution in [-0.2, 0) is 11.2 Å². The molecule has 2 heterocycles. The molecule has 0 spiro atoms. The van der Waals surface area contributed by atoms with Crippen LogP contribution in [0.1, 0.15) is 12.0 Å². The van der Waals surface area contributed by atoms with E-state index >= 15 is 0 Å². The highest BCUT2D eigenvalue weighted by molar-refractivity contribution is 8.04. The first-order chi connectivity index (χ1) is 7.34. The van der Waals surface area contributed by atoms with Gasteiger partial charge in [0.1, 0.15) is 0 Å². The van der Waals surface area contributed by atoms with Crippen molar-refractivity contribution >= 4 is 17.5 Å². The van der Waals surface area contributed by atoms with E-state index in [4.69, 9.17) is 0 Å². The van der Waals surface area contributed by atoms with Crippen LogP contribution in [0.3, 0.4) is 0 Å². The molecule has 1 aromatic rings. The standard InChI is InChI=1S/C11H8N2OS/c14-9-3-1-2-7-4-8-5-12-13-6-10(8)15-11(7)9/h1-2,5-6H,3-4H2. The van der Waals surface area contributed by atoms with Crippen LogP contribution in [0.15, 0.2) is 39.9 Å². The third kappa shape index (κ3) is 1.41. The van der Waals surface area contributed by atoms with Gasteiger partial charge in [-0.1, -0.05) is 23.9 Å². The molecular formula is C11H8N2OS. The monoisotopic (exact) mass is 216 g/mol. The number of thioether (sulfide) groups is 1. The predicted molar refractivity (Wildman–Crippen MR) is 57.4 cm³/mol. The van der Waals surface area contributed by atoms with Crippen molar-refractivity contribution in [1.29, 1.82) is 0 Å². The molecule has 4 heteroatoms.